The maximum absolute atomic E-state index is 13.9. The highest BCUT2D eigenvalue weighted by Gasteiger charge is 2.64. The second kappa shape index (κ2) is 10.0. The van der Waals surface area contributed by atoms with Gasteiger partial charge in [0.05, 0.1) is 22.9 Å². The number of aliphatic hydroxyl groups is 1. The van der Waals surface area contributed by atoms with E-state index in [1.807, 2.05) is 13.8 Å². The quantitative estimate of drug-likeness (QED) is 0.305. The van der Waals surface area contributed by atoms with E-state index >= 15 is 0 Å². The zero-order valence-electron chi connectivity index (χ0n) is 26.9. The molecule has 0 saturated heterocycles. The number of ketones is 1. The molecule has 0 amide bonds. The Hall–Kier alpha value is -1.96. The number of carbonyl (C=O) groups excluding carboxylic acids is 3. The van der Waals surface area contributed by atoms with Crippen LogP contribution in [0.3, 0.4) is 0 Å². The number of Topliss-reactive ketones (excluding diaryl/α,β-unsaturated/α-hetero) is 1. The molecule has 43 heavy (non-hydrogen) atoms. The van der Waals surface area contributed by atoms with E-state index in [1.165, 1.54) is 0 Å². The second-order valence-electron chi connectivity index (χ2n) is 17.4. The minimum absolute atomic E-state index is 0.0458. The lowest BCUT2D eigenvalue weighted by Crippen LogP contribution is -2.63. The number of carbonyl (C=O) groups is 4. The van der Waals surface area contributed by atoms with Crippen LogP contribution in [0.15, 0.2) is 0 Å². The molecule has 8 aliphatic rings. The van der Waals surface area contributed by atoms with E-state index in [9.17, 15) is 29.4 Å². The third-order valence-corrected chi connectivity index (χ3v) is 13.3. The van der Waals surface area contributed by atoms with Crippen molar-refractivity contribution in [3.63, 3.8) is 0 Å². The van der Waals surface area contributed by atoms with E-state index in [0.29, 0.717) is 48.7 Å². The molecule has 8 nitrogen and oxygen atoms in total. The van der Waals surface area contributed by atoms with E-state index in [2.05, 4.69) is 6.92 Å². The Morgan fingerprint density at radius 2 is 1.60 bits per heavy atom. The summed E-state index contributed by atoms with van der Waals surface area (Å²) in [7, 11) is 0. The lowest BCUT2D eigenvalue weighted by molar-refractivity contribution is -0.234. The van der Waals surface area contributed by atoms with Gasteiger partial charge in [-0.15, -0.1) is 0 Å². The predicted molar refractivity (Wildman–Crippen MR) is 157 cm³/mol. The van der Waals surface area contributed by atoms with Crippen LogP contribution in [0.25, 0.3) is 0 Å². The summed E-state index contributed by atoms with van der Waals surface area (Å²) in [5, 5.41) is 21.2. The molecule has 0 radical (unpaired) electrons. The summed E-state index contributed by atoms with van der Waals surface area (Å²) < 4.78 is 12.6. The molecule has 2 N–H and O–H groups in total. The summed E-state index contributed by atoms with van der Waals surface area (Å²) in [6.45, 7) is 11.0. The third kappa shape index (κ3) is 5.25. The van der Waals surface area contributed by atoms with Crippen molar-refractivity contribution < 1.29 is 38.9 Å². The van der Waals surface area contributed by atoms with Crippen molar-refractivity contribution in [2.45, 2.75) is 135 Å². The van der Waals surface area contributed by atoms with Gasteiger partial charge in [-0.3, -0.25) is 19.2 Å². The van der Waals surface area contributed by atoms with Crippen LogP contribution in [0.1, 0.15) is 119 Å². The van der Waals surface area contributed by atoms with Gasteiger partial charge in [0, 0.05) is 17.3 Å². The number of carboxylic acids is 1. The predicted octanol–water partition coefficient (Wildman–Crippen LogP) is 5.72. The Kier molecular flexibility index (Phi) is 7.23. The molecule has 8 rings (SSSR count). The SMILES string of the molecule is CC(CC(CC(C)(C)C(=O)O)C(=O)OC12CC3CC(C1)C(C)C(C2)C3=O)C(=O)OC(C)(C)C12CC3CC(CC(O)(C3)C1)C2. The summed E-state index contributed by atoms with van der Waals surface area (Å²) in [5.74, 6) is -1.55. The number of carboxylic acid groups (broad SMARTS) is 1. The van der Waals surface area contributed by atoms with Crippen LogP contribution in [0.4, 0.5) is 0 Å². The fraction of sp³-hybridized carbons (Fsp3) is 0.886. The Labute approximate surface area is 256 Å². The van der Waals surface area contributed by atoms with E-state index in [0.717, 1.165) is 44.9 Å². The molecule has 0 spiro atoms. The van der Waals surface area contributed by atoms with E-state index in [4.69, 9.17) is 9.47 Å². The first-order valence-corrected chi connectivity index (χ1v) is 16.8. The van der Waals surface area contributed by atoms with Gasteiger partial charge in [0.15, 0.2) is 0 Å². The van der Waals surface area contributed by atoms with Gasteiger partial charge in [-0.05, 0) is 128 Å². The molecular formula is C35H52O8. The number of hydrogen-bond acceptors (Lipinski definition) is 7. The molecule has 0 aromatic carbocycles. The van der Waals surface area contributed by atoms with Crippen LogP contribution in [0, 0.1) is 58.2 Å². The van der Waals surface area contributed by atoms with Crippen molar-refractivity contribution in [1.82, 2.24) is 0 Å². The molecule has 9 unspecified atom stereocenters. The van der Waals surface area contributed by atoms with Crippen molar-refractivity contribution in [3.8, 4) is 0 Å². The number of hydrogen-bond donors (Lipinski definition) is 2. The van der Waals surface area contributed by atoms with Crippen LogP contribution < -0.4 is 0 Å². The van der Waals surface area contributed by atoms with Gasteiger partial charge in [-0.2, -0.15) is 0 Å². The van der Waals surface area contributed by atoms with Gasteiger partial charge < -0.3 is 19.7 Å². The van der Waals surface area contributed by atoms with E-state index in [1.54, 1.807) is 20.8 Å². The van der Waals surface area contributed by atoms with Gasteiger partial charge >= 0.3 is 17.9 Å². The summed E-state index contributed by atoms with van der Waals surface area (Å²) in [5.41, 5.74) is -3.57. The van der Waals surface area contributed by atoms with Crippen molar-refractivity contribution in [2.75, 3.05) is 0 Å². The number of rotatable bonds is 10. The van der Waals surface area contributed by atoms with Gasteiger partial charge in [0.25, 0.3) is 0 Å². The summed E-state index contributed by atoms with van der Waals surface area (Å²) in [4.78, 5) is 52.6. The van der Waals surface area contributed by atoms with Crippen molar-refractivity contribution in [1.29, 1.82) is 0 Å². The van der Waals surface area contributed by atoms with Crippen molar-refractivity contribution in [2.24, 2.45) is 58.2 Å². The van der Waals surface area contributed by atoms with Crippen LogP contribution in [-0.2, 0) is 28.7 Å². The van der Waals surface area contributed by atoms with Crippen LogP contribution in [-0.4, -0.2) is 50.7 Å². The van der Waals surface area contributed by atoms with Crippen molar-refractivity contribution in [3.05, 3.63) is 0 Å². The molecule has 8 fully saturated rings. The molecule has 8 heteroatoms. The summed E-state index contributed by atoms with van der Waals surface area (Å²) in [6, 6.07) is 0. The summed E-state index contributed by atoms with van der Waals surface area (Å²) >= 11 is 0. The van der Waals surface area contributed by atoms with E-state index < -0.39 is 52.0 Å². The Balaban J connectivity index is 1.16. The topological polar surface area (TPSA) is 127 Å². The highest BCUT2D eigenvalue weighted by molar-refractivity contribution is 5.86. The van der Waals surface area contributed by atoms with Crippen molar-refractivity contribution >= 4 is 23.7 Å². The largest absolute Gasteiger partial charge is 0.481 e. The van der Waals surface area contributed by atoms with Gasteiger partial charge in [0.1, 0.15) is 17.0 Å². The molecule has 240 valence electrons. The molecular weight excluding hydrogens is 548 g/mol. The molecule has 8 bridgehead atoms. The average Bonchev–Trinajstić information content (AvgIpc) is 2.87. The highest BCUT2D eigenvalue weighted by atomic mass is 16.6. The van der Waals surface area contributed by atoms with E-state index in [-0.39, 0.29) is 30.1 Å². The Bertz CT molecular complexity index is 1190. The number of ether oxygens (including phenoxy) is 2. The first kappa shape index (κ1) is 31.0. The number of esters is 2. The smallest absolute Gasteiger partial charge is 0.309 e. The summed E-state index contributed by atoms with van der Waals surface area (Å²) in [6.07, 6.45) is 8.26. The molecule has 0 aromatic rings. The maximum atomic E-state index is 13.9. The lowest BCUT2D eigenvalue weighted by atomic mass is 9.44. The monoisotopic (exact) mass is 600 g/mol. The molecule has 8 aliphatic carbocycles. The first-order chi connectivity index (χ1) is 19.9. The average molecular weight is 601 g/mol. The lowest BCUT2D eigenvalue weighted by Gasteiger charge is -2.64. The minimum Gasteiger partial charge on any atom is -0.481 e. The minimum atomic E-state index is -1.19. The Morgan fingerprint density at radius 3 is 2.21 bits per heavy atom. The maximum Gasteiger partial charge on any atom is 0.309 e. The zero-order chi connectivity index (χ0) is 31.3. The normalized spacial score (nSPS) is 42.5. The molecule has 8 saturated carbocycles. The second-order valence-corrected chi connectivity index (χ2v) is 17.4. The molecule has 0 aliphatic heterocycles. The van der Waals surface area contributed by atoms with Gasteiger partial charge in [0.2, 0.25) is 0 Å². The first-order valence-electron chi connectivity index (χ1n) is 16.8. The molecule has 0 heterocycles. The highest BCUT2D eigenvalue weighted by Crippen LogP contribution is 2.66. The van der Waals surface area contributed by atoms with Gasteiger partial charge in [-0.25, -0.2) is 0 Å². The van der Waals surface area contributed by atoms with Crippen LogP contribution in [0.2, 0.25) is 0 Å². The molecule has 0 aromatic heterocycles. The van der Waals surface area contributed by atoms with Crippen LogP contribution >= 0.6 is 0 Å². The van der Waals surface area contributed by atoms with Gasteiger partial charge in [-0.1, -0.05) is 13.8 Å². The third-order valence-electron chi connectivity index (χ3n) is 13.3. The zero-order valence-corrected chi connectivity index (χ0v) is 26.9. The fourth-order valence-corrected chi connectivity index (χ4v) is 11.2. The van der Waals surface area contributed by atoms with Crippen LogP contribution in [0.5, 0.6) is 0 Å². The Morgan fingerprint density at radius 1 is 0.953 bits per heavy atom. The standard InChI is InChI=1S/C35H52O8/c1-19(28(37)42-32(5,6)33-10-21-8-22(11-33)13-34(41,12-21)18-33)7-25(14-31(3,4)30(39)40)29(38)43-35-15-23-9-24(16-35)27(36)26(17-35)20(23)2/h19-26,41H,7-18H2,1-6H3,(H,39,40). The fourth-order valence-electron chi connectivity index (χ4n) is 11.2. The number of aliphatic carboxylic acids is 1. The molecule has 9 atom stereocenters.